The maximum absolute atomic E-state index is 5.86. The normalized spacial score (nSPS) is 10.7. The first-order valence-electron chi connectivity index (χ1n) is 7.72. The first-order valence-corrected chi connectivity index (χ1v) is 7.72. The lowest BCUT2D eigenvalue weighted by molar-refractivity contribution is 0.340. The average molecular weight is 308 g/mol. The van der Waals surface area contributed by atoms with Crippen LogP contribution in [0.3, 0.4) is 0 Å². The second kappa shape index (κ2) is 6.96. The summed E-state index contributed by atoms with van der Waals surface area (Å²) in [4.78, 5) is 8.58. The van der Waals surface area contributed by atoms with Crippen LogP contribution in [0.15, 0.2) is 48.8 Å². The van der Waals surface area contributed by atoms with Gasteiger partial charge in [-0.15, -0.1) is 0 Å². The molecule has 1 aromatic heterocycles. The van der Waals surface area contributed by atoms with Gasteiger partial charge in [-0.1, -0.05) is 12.1 Å². The zero-order chi connectivity index (χ0) is 16.1. The topological polar surface area (TPSA) is 73.1 Å². The van der Waals surface area contributed by atoms with Gasteiger partial charge in [-0.2, -0.15) is 0 Å². The number of fused-ring (bicyclic) bond motifs is 1. The van der Waals surface area contributed by atoms with E-state index in [2.05, 4.69) is 27.4 Å². The standard InChI is InChI=1S/C18H20N4O/c1-2-23-15-5-3-4-13(10-15)8-9-20-18-16-11-14(19)6-7-17(16)21-12-22-18/h3-7,10-12H,2,8-9,19H2,1H3,(H,20,21,22). The highest BCUT2D eigenvalue weighted by molar-refractivity contribution is 5.91. The molecule has 0 aliphatic carbocycles. The number of benzene rings is 2. The minimum atomic E-state index is 0.677. The van der Waals surface area contributed by atoms with Gasteiger partial charge in [0.15, 0.2) is 0 Å². The molecule has 5 heteroatoms. The van der Waals surface area contributed by atoms with Crippen molar-refractivity contribution in [3.05, 3.63) is 54.4 Å². The molecule has 0 bridgehead atoms. The van der Waals surface area contributed by atoms with Gasteiger partial charge in [-0.3, -0.25) is 0 Å². The van der Waals surface area contributed by atoms with Crippen LogP contribution in [-0.4, -0.2) is 23.1 Å². The molecule has 118 valence electrons. The van der Waals surface area contributed by atoms with Crippen LogP contribution < -0.4 is 15.8 Å². The van der Waals surface area contributed by atoms with Crippen molar-refractivity contribution in [2.24, 2.45) is 0 Å². The number of hydrogen-bond acceptors (Lipinski definition) is 5. The van der Waals surface area contributed by atoms with E-state index in [1.165, 1.54) is 5.56 Å². The van der Waals surface area contributed by atoms with Gasteiger partial charge in [-0.25, -0.2) is 9.97 Å². The van der Waals surface area contributed by atoms with E-state index < -0.39 is 0 Å². The number of nitrogens with two attached hydrogens (primary N) is 1. The molecule has 23 heavy (non-hydrogen) atoms. The first kappa shape index (κ1) is 15.1. The smallest absolute Gasteiger partial charge is 0.137 e. The van der Waals surface area contributed by atoms with E-state index in [9.17, 15) is 0 Å². The van der Waals surface area contributed by atoms with Gasteiger partial charge in [0.2, 0.25) is 0 Å². The molecule has 0 saturated heterocycles. The number of nitrogens with zero attached hydrogens (tertiary/aromatic N) is 2. The Morgan fingerprint density at radius 1 is 1.13 bits per heavy atom. The third kappa shape index (κ3) is 3.69. The van der Waals surface area contributed by atoms with Gasteiger partial charge in [0.25, 0.3) is 0 Å². The van der Waals surface area contributed by atoms with Crippen molar-refractivity contribution >= 4 is 22.4 Å². The Morgan fingerprint density at radius 2 is 2.04 bits per heavy atom. The lowest BCUT2D eigenvalue weighted by Crippen LogP contribution is -2.07. The summed E-state index contributed by atoms with van der Waals surface area (Å²) in [5, 5.41) is 4.31. The fraction of sp³-hybridized carbons (Fsp3) is 0.222. The van der Waals surface area contributed by atoms with Gasteiger partial charge in [0.1, 0.15) is 17.9 Å². The molecule has 3 aromatic rings. The predicted octanol–water partition coefficient (Wildman–Crippen LogP) is 3.27. The number of nitrogen functional groups attached to an aromatic ring is 1. The minimum absolute atomic E-state index is 0.677. The Kier molecular flexibility index (Phi) is 4.57. The predicted molar refractivity (Wildman–Crippen MR) is 93.8 cm³/mol. The zero-order valence-electron chi connectivity index (χ0n) is 13.1. The molecule has 3 rings (SSSR count). The molecule has 0 spiro atoms. The minimum Gasteiger partial charge on any atom is -0.494 e. The van der Waals surface area contributed by atoms with Crippen molar-refractivity contribution < 1.29 is 4.74 Å². The van der Waals surface area contributed by atoms with Crippen LogP contribution in [-0.2, 0) is 6.42 Å². The molecule has 0 atom stereocenters. The molecule has 0 aliphatic rings. The summed E-state index contributed by atoms with van der Waals surface area (Å²) in [5.41, 5.74) is 8.68. The van der Waals surface area contributed by atoms with E-state index in [-0.39, 0.29) is 0 Å². The maximum atomic E-state index is 5.86. The van der Waals surface area contributed by atoms with E-state index in [1.807, 2.05) is 37.3 Å². The van der Waals surface area contributed by atoms with Crippen molar-refractivity contribution in [1.82, 2.24) is 9.97 Å². The van der Waals surface area contributed by atoms with Gasteiger partial charge >= 0.3 is 0 Å². The average Bonchev–Trinajstić information content (AvgIpc) is 2.56. The van der Waals surface area contributed by atoms with Crippen LogP contribution in [0.1, 0.15) is 12.5 Å². The van der Waals surface area contributed by atoms with Gasteiger partial charge in [0, 0.05) is 17.6 Å². The third-order valence-electron chi connectivity index (χ3n) is 3.57. The van der Waals surface area contributed by atoms with Crippen molar-refractivity contribution in [2.75, 3.05) is 24.2 Å². The molecule has 3 N–H and O–H groups in total. The molecule has 0 amide bonds. The van der Waals surface area contributed by atoms with E-state index in [0.29, 0.717) is 12.3 Å². The molecule has 0 fully saturated rings. The summed E-state index contributed by atoms with van der Waals surface area (Å²) >= 11 is 0. The quantitative estimate of drug-likeness (QED) is 0.684. The molecule has 1 heterocycles. The molecular weight excluding hydrogens is 288 g/mol. The molecule has 0 saturated carbocycles. The molecular formula is C18H20N4O. The summed E-state index contributed by atoms with van der Waals surface area (Å²) in [7, 11) is 0. The number of anilines is 2. The van der Waals surface area contributed by atoms with Gasteiger partial charge < -0.3 is 15.8 Å². The SMILES string of the molecule is CCOc1cccc(CCNc2ncnc3ccc(N)cc23)c1. The Hall–Kier alpha value is -2.82. The van der Waals surface area contributed by atoms with E-state index >= 15 is 0 Å². The van der Waals surface area contributed by atoms with Crippen LogP contribution in [0.2, 0.25) is 0 Å². The Labute approximate surface area is 135 Å². The monoisotopic (exact) mass is 308 g/mol. The van der Waals surface area contributed by atoms with E-state index in [0.717, 1.165) is 35.4 Å². The van der Waals surface area contributed by atoms with Crippen LogP contribution in [0.25, 0.3) is 10.9 Å². The molecule has 0 aliphatic heterocycles. The molecule has 2 aromatic carbocycles. The maximum Gasteiger partial charge on any atom is 0.137 e. The van der Waals surface area contributed by atoms with Crippen LogP contribution in [0, 0.1) is 0 Å². The second-order valence-electron chi connectivity index (χ2n) is 5.26. The summed E-state index contributed by atoms with van der Waals surface area (Å²) in [5.74, 6) is 1.72. The fourth-order valence-corrected chi connectivity index (χ4v) is 2.50. The van der Waals surface area contributed by atoms with Crippen LogP contribution >= 0.6 is 0 Å². The number of rotatable bonds is 6. The number of hydrogen-bond donors (Lipinski definition) is 2. The number of nitrogens with one attached hydrogen (secondary N) is 1. The van der Waals surface area contributed by atoms with Crippen molar-refractivity contribution in [3.63, 3.8) is 0 Å². The highest BCUT2D eigenvalue weighted by Crippen LogP contribution is 2.21. The van der Waals surface area contributed by atoms with Crippen LogP contribution in [0.4, 0.5) is 11.5 Å². The molecule has 5 nitrogen and oxygen atoms in total. The lowest BCUT2D eigenvalue weighted by Gasteiger charge is -2.10. The van der Waals surface area contributed by atoms with Crippen molar-refractivity contribution in [2.45, 2.75) is 13.3 Å². The highest BCUT2D eigenvalue weighted by Gasteiger charge is 2.04. The number of aromatic nitrogens is 2. The fourth-order valence-electron chi connectivity index (χ4n) is 2.50. The Morgan fingerprint density at radius 3 is 2.91 bits per heavy atom. The van der Waals surface area contributed by atoms with Gasteiger partial charge in [-0.05, 0) is 49.2 Å². The van der Waals surface area contributed by atoms with E-state index in [1.54, 1.807) is 6.33 Å². The van der Waals surface area contributed by atoms with Gasteiger partial charge in [0.05, 0.1) is 12.1 Å². The largest absolute Gasteiger partial charge is 0.494 e. The van der Waals surface area contributed by atoms with Crippen molar-refractivity contribution in [3.8, 4) is 5.75 Å². The first-order chi connectivity index (χ1) is 11.3. The Balaban J connectivity index is 1.69. The summed E-state index contributed by atoms with van der Waals surface area (Å²) in [6.07, 6.45) is 2.45. The summed E-state index contributed by atoms with van der Waals surface area (Å²) in [6.45, 7) is 3.44. The second-order valence-corrected chi connectivity index (χ2v) is 5.26. The Bertz CT molecular complexity index is 804. The lowest BCUT2D eigenvalue weighted by atomic mass is 10.1. The zero-order valence-corrected chi connectivity index (χ0v) is 13.1. The summed E-state index contributed by atoms with van der Waals surface area (Å²) in [6, 6.07) is 13.8. The van der Waals surface area contributed by atoms with Crippen molar-refractivity contribution in [1.29, 1.82) is 0 Å². The molecule has 0 radical (unpaired) electrons. The highest BCUT2D eigenvalue weighted by atomic mass is 16.5. The number of ether oxygens (including phenoxy) is 1. The molecule has 0 unspecified atom stereocenters. The van der Waals surface area contributed by atoms with Crippen LogP contribution in [0.5, 0.6) is 5.75 Å². The van der Waals surface area contributed by atoms with E-state index in [4.69, 9.17) is 10.5 Å². The third-order valence-corrected chi connectivity index (χ3v) is 3.57. The summed E-state index contributed by atoms with van der Waals surface area (Å²) < 4.78 is 5.53.